The van der Waals surface area contributed by atoms with Gasteiger partial charge in [-0.25, -0.2) is 5.43 Å². The van der Waals surface area contributed by atoms with E-state index in [2.05, 4.69) is 26.5 Å². The van der Waals surface area contributed by atoms with Gasteiger partial charge in [-0.3, -0.25) is 4.79 Å². The molecule has 2 rings (SSSR count). The summed E-state index contributed by atoms with van der Waals surface area (Å²) in [6.45, 7) is 4.44. The van der Waals surface area contributed by atoms with Gasteiger partial charge in [0, 0.05) is 0 Å². The second-order valence-corrected chi connectivity index (χ2v) is 6.28. The summed E-state index contributed by atoms with van der Waals surface area (Å²) in [6, 6.07) is 11.5. The number of hydrogen-bond acceptors (Lipinski definition) is 4. The normalized spacial score (nSPS) is 10.7. The van der Waals surface area contributed by atoms with Gasteiger partial charge >= 0.3 is 0 Å². The summed E-state index contributed by atoms with van der Waals surface area (Å²) in [4.78, 5) is 11.9. The maximum absolute atomic E-state index is 11.9. The van der Waals surface area contributed by atoms with Crippen molar-refractivity contribution in [1.29, 1.82) is 0 Å². The number of rotatable bonds is 7. The maximum atomic E-state index is 11.9. The first-order valence-corrected chi connectivity index (χ1v) is 8.70. The van der Waals surface area contributed by atoms with Crippen LogP contribution in [0.3, 0.4) is 0 Å². The molecule has 0 aromatic heterocycles. The van der Waals surface area contributed by atoms with Crippen LogP contribution in [0.25, 0.3) is 0 Å². The van der Waals surface area contributed by atoms with E-state index in [9.17, 15) is 4.79 Å². The third-order valence-corrected chi connectivity index (χ3v) is 4.01. The van der Waals surface area contributed by atoms with E-state index in [-0.39, 0.29) is 12.3 Å². The molecule has 0 aliphatic heterocycles. The van der Waals surface area contributed by atoms with Crippen molar-refractivity contribution in [3.63, 3.8) is 0 Å². The van der Waals surface area contributed by atoms with Crippen LogP contribution in [0.4, 0.5) is 0 Å². The highest BCUT2D eigenvalue weighted by Crippen LogP contribution is 2.36. The molecule has 0 saturated heterocycles. The van der Waals surface area contributed by atoms with E-state index < -0.39 is 0 Å². The Balaban J connectivity index is 2.01. The van der Waals surface area contributed by atoms with Gasteiger partial charge in [-0.1, -0.05) is 29.8 Å². The number of aryl methyl sites for hydroxylation is 1. The highest BCUT2D eigenvalue weighted by atomic mass is 79.9. The molecule has 132 valence electrons. The quantitative estimate of drug-likeness (QED) is 0.562. The molecule has 1 amide bonds. The average molecular weight is 405 g/mol. The van der Waals surface area contributed by atoms with Gasteiger partial charge in [-0.05, 0) is 53.0 Å². The van der Waals surface area contributed by atoms with Crippen LogP contribution in [0.2, 0.25) is 0 Å². The van der Waals surface area contributed by atoms with Crippen LogP contribution in [0.15, 0.2) is 46.0 Å². The number of nitrogens with zero attached hydrogens (tertiary/aromatic N) is 1. The Kier molecular flexibility index (Phi) is 7.01. The zero-order chi connectivity index (χ0) is 18.2. The number of nitrogens with one attached hydrogen (secondary N) is 1. The average Bonchev–Trinajstić information content (AvgIpc) is 2.57. The van der Waals surface area contributed by atoms with Crippen LogP contribution in [-0.4, -0.2) is 25.8 Å². The van der Waals surface area contributed by atoms with E-state index in [0.717, 1.165) is 21.2 Å². The fourth-order valence-corrected chi connectivity index (χ4v) is 2.85. The number of benzene rings is 2. The minimum absolute atomic E-state index is 0.169. The SMILES string of the molecule is CCOc1cc(/C=N/NC(=O)Cc2ccc(C)cc2)cc(Br)c1OC. The van der Waals surface area contributed by atoms with Crippen molar-refractivity contribution in [2.45, 2.75) is 20.3 Å². The van der Waals surface area contributed by atoms with Gasteiger partial charge in [0.15, 0.2) is 11.5 Å². The molecule has 0 fully saturated rings. The molecule has 6 heteroatoms. The Morgan fingerprint density at radius 3 is 2.64 bits per heavy atom. The number of amides is 1. The first-order chi connectivity index (χ1) is 12.0. The molecular formula is C19H21BrN2O3. The zero-order valence-corrected chi connectivity index (χ0v) is 16.1. The van der Waals surface area contributed by atoms with E-state index in [4.69, 9.17) is 9.47 Å². The first kappa shape index (κ1) is 19.0. The highest BCUT2D eigenvalue weighted by molar-refractivity contribution is 9.10. The third kappa shape index (κ3) is 5.60. The second kappa shape index (κ2) is 9.22. The molecule has 0 atom stereocenters. The van der Waals surface area contributed by atoms with Gasteiger partial charge in [0.05, 0.1) is 30.8 Å². The number of carbonyl (C=O) groups excluding carboxylic acids is 1. The van der Waals surface area contributed by atoms with Gasteiger partial charge in [0.25, 0.3) is 0 Å². The molecule has 2 aromatic rings. The van der Waals surface area contributed by atoms with Gasteiger partial charge in [0.1, 0.15) is 0 Å². The van der Waals surface area contributed by atoms with Crippen LogP contribution < -0.4 is 14.9 Å². The van der Waals surface area contributed by atoms with Crippen molar-refractivity contribution in [2.75, 3.05) is 13.7 Å². The third-order valence-electron chi connectivity index (χ3n) is 3.42. The molecule has 0 aliphatic carbocycles. The fraction of sp³-hybridized carbons (Fsp3) is 0.263. The Morgan fingerprint density at radius 2 is 2.00 bits per heavy atom. The maximum Gasteiger partial charge on any atom is 0.244 e. The smallest absolute Gasteiger partial charge is 0.244 e. The lowest BCUT2D eigenvalue weighted by Gasteiger charge is -2.11. The van der Waals surface area contributed by atoms with Crippen molar-refractivity contribution in [3.8, 4) is 11.5 Å². The lowest BCUT2D eigenvalue weighted by Crippen LogP contribution is -2.19. The summed E-state index contributed by atoms with van der Waals surface area (Å²) >= 11 is 3.45. The molecule has 0 radical (unpaired) electrons. The van der Waals surface area contributed by atoms with Crippen LogP contribution in [-0.2, 0) is 11.2 Å². The molecule has 0 heterocycles. The van der Waals surface area contributed by atoms with Crippen molar-refractivity contribution < 1.29 is 14.3 Å². The summed E-state index contributed by atoms with van der Waals surface area (Å²) in [7, 11) is 1.58. The van der Waals surface area contributed by atoms with E-state index in [1.54, 1.807) is 13.3 Å². The lowest BCUT2D eigenvalue weighted by atomic mass is 10.1. The standard InChI is InChI=1S/C19H21BrN2O3/c1-4-25-17-10-15(9-16(20)19(17)24-3)12-21-22-18(23)11-14-7-5-13(2)6-8-14/h5-10,12H,4,11H2,1-3H3,(H,22,23)/b21-12+. The summed E-state index contributed by atoms with van der Waals surface area (Å²) in [6.07, 6.45) is 1.86. The second-order valence-electron chi connectivity index (χ2n) is 5.42. The Hall–Kier alpha value is -2.34. The molecule has 0 aliphatic rings. The fourth-order valence-electron chi connectivity index (χ4n) is 2.23. The Labute approximate surface area is 156 Å². The largest absolute Gasteiger partial charge is 0.492 e. The van der Waals surface area contributed by atoms with E-state index in [1.807, 2.05) is 50.2 Å². The topological polar surface area (TPSA) is 59.9 Å². The van der Waals surface area contributed by atoms with Crippen LogP contribution in [0.1, 0.15) is 23.6 Å². The molecule has 1 N–H and O–H groups in total. The number of methoxy groups -OCH3 is 1. The van der Waals surface area contributed by atoms with Gasteiger partial charge in [-0.15, -0.1) is 0 Å². The van der Waals surface area contributed by atoms with Crippen molar-refractivity contribution in [1.82, 2.24) is 5.43 Å². The van der Waals surface area contributed by atoms with Crippen molar-refractivity contribution >= 4 is 28.1 Å². The van der Waals surface area contributed by atoms with Gasteiger partial charge in [0.2, 0.25) is 5.91 Å². The molecule has 0 spiro atoms. The molecule has 0 unspecified atom stereocenters. The van der Waals surface area contributed by atoms with Crippen LogP contribution in [0.5, 0.6) is 11.5 Å². The summed E-state index contributed by atoms with van der Waals surface area (Å²) in [5.41, 5.74) is 5.43. The summed E-state index contributed by atoms with van der Waals surface area (Å²) < 4.78 is 11.6. The zero-order valence-electron chi connectivity index (χ0n) is 14.5. The molecule has 0 saturated carbocycles. The molecular weight excluding hydrogens is 384 g/mol. The first-order valence-electron chi connectivity index (χ1n) is 7.91. The lowest BCUT2D eigenvalue weighted by molar-refractivity contribution is -0.120. The molecule has 5 nitrogen and oxygen atoms in total. The number of hydrazone groups is 1. The summed E-state index contributed by atoms with van der Waals surface area (Å²) in [5, 5.41) is 4.01. The number of halogens is 1. The monoisotopic (exact) mass is 404 g/mol. The molecule has 0 bridgehead atoms. The predicted octanol–water partition coefficient (Wildman–Crippen LogP) is 3.86. The van der Waals surface area contributed by atoms with E-state index in [0.29, 0.717) is 18.1 Å². The van der Waals surface area contributed by atoms with E-state index >= 15 is 0 Å². The van der Waals surface area contributed by atoms with Crippen molar-refractivity contribution in [2.24, 2.45) is 5.10 Å². The van der Waals surface area contributed by atoms with Gasteiger partial charge < -0.3 is 9.47 Å². The number of carbonyl (C=O) groups is 1. The predicted molar refractivity (Wildman–Crippen MR) is 102 cm³/mol. The number of hydrogen-bond donors (Lipinski definition) is 1. The molecule has 25 heavy (non-hydrogen) atoms. The number of ether oxygens (including phenoxy) is 2. The minimum atomic E-state index is -0.169. The Morgan fingerprint density at radius 1 is 1.28 bits per heavy atom. The van der Waals surface area contributed by atoms with Gasteiger partial charge in [-0.2, -0.15) is 5.10 Å². The molecule has 2 aromatic carbocycles. The van der Waals surface area contributed by atoms with Crippen LogP contribution in [0, 0.1) is 6.92 Å². The van der Waals surface area contributed by atoms with Crippen LogP contribution >= 0.6 is 15.9 Å². The Bertz CT molecular complexity index is 758. The van der Waals surface area contributed by atoms with Crippen molar-refractivity contribution in [3.05, 3.63) is 57.6 Å². The highest BCUT2D eigenvalue weighted by Gasteiger charge is 2.10. The minimum Gasteiger partial charge on any atom is -0.492 e. The summed E-state index contributed by atoms with van der Waals surface area (Å²) in [5.74, 6) is 1.08. The van der Waals surface area contributed by atoms with E-state index in [1.165, 1.54) is 0 Å².